The Labute approximate surface area is 175 Å². The molecule has 0 aromatic heterocycles. The molecule has 1 aromatic rings. The number of ether oxygens (including phenoxy) is 1. The average molecular weight is 426 g/mol. The first kappa shape index (κ1) is 23.8. The first-order chi connectivity index (χ1) is 13.8. The smallest absolute Gasteiger partial charge is 0.253 e. The fourth-order valence-electron chi connectivity index (χ4n) is 3.61. The molecule has 1 atom stereocenters. The molecule has 29 heavy (non-hydrogen) atoms. The van der Waals surface area contributed by atoms with E-state index in [9.17, 15) is 13.2 Å². The van der Waals surface area contributed by atoms with Gasteiger partial charge in [-0.3, -0.25) is 9.69 Å². The molecule has 1 aliphatic heterocycles. The molecule has 0 radical (unpaired) electrons. The molecule has 0 bridgehead atoms. The summed E-state index contributed by atoms with van der Waals surface area (Å²) in [5, 5.41) is 0. The van der Waals surface area contributed by atoms with Crippen LogP contribution in [-0.4, -0.2) is 76.1 Å². The van der Waals surface area contributed by atoms with Crippen molar-refractivity contribution in [2.45, 2.75) is 45.1 Å². The van der Waals surface area contributed by atoms with Crippen molar-refractivity contribution >= 4 is 15.9 Å². The lowest BCUT2D eigenvalue weighted by molar-refractivity contribution is 0.0134. The molecular formula is C21H35N3O4S. The number of benzene rings is 1. The van der Waals surface area contributed by atoms with Gasteiger partial charge >= 0.3 is 0 Å². The van der Waals surface area contributed by atoms with Crippen molar-refractivity contribution in [3.8, 4) is 0 Å². The van der Waals surface area contributed by atoms with Crippen LogP contribution in [0.15, 0.2) is 29.2 Å². The molecule has 0 aliphatic carbocycles. The van der Waals surface area contributed by atoms with Crippen molar-refractivity contribution in [2.24, 2.45) is 5.92 Å². The Bertz CT molecular complexity index is 740. The van der Waals surface area contributed by atoms with Gasteiger partial charge in [0.25, 0.3) is 5.91 Å². The maximum atomic E-state index is 12.8. The Morgan fingerprint density at radius 3 is 2.24 bits per heavy atom. The van der Waals surface area contributed by atoms with E-state index in [-0.39, 0.29) is 16.8 Å². The number of amides is 1. The molecule has 1 unspecified atom stereocenters. The maximum Gasteiger partial charge on any atom is 0.253 e. The molecule has 8 heteroatoms. The lowest BCUT2D eigenvalue weighted by Gasteiger charge is -2.35. The lowest BCUT2D eigenvalue weighted by atomic mass is 10.0. The molecule has 0 saturated carbocycles. The molecule has 1 N–H and O–H groups in total. The first-order valence-corrected chi connectivity index (χ1v) is 12.0. The molecule has 2 rings (SSSR count). The van der Waals surface area contributed by atoms with Gasteiger partial charge in [-0.05, 0) is 50.5 Å². The molecule has 1 saturated heterocycles. The quantitative estimate of drug-likeness (QED) is 0.622. The molecule has 1 heterocycles. The minimum Gasteiger partial charge on any atom is -0.379 e. The second-order valence-corrected chi connectivity index (χ2v) is 9.55. The highest BCUT2D eigenvalue weighted by Gasteiger charge is 2.24. The fraction of sp³-hybridized carbons (Fsp3) is 0.667. The van der Waals surface area contributed by atoms with Gasteiger partial charge in [0.2, 0.25) is 10.0 Å². The van der Waals surface area contributed by atoms with Crippen LogP contribution in [0.3, 0.4) is 0 Å². The van der Waals surface area contributed by atoms with Crippen molar-refractivity contribution in [3.63, 3.8) is 0 Å². The van der Waals surface area contributed by atoms with Crippen molar-refractivity contribution in [1.82, 2.24) is 14.5 Å². The Balaban J connectivity index is 2.06. The number of sulfonamides is 1. The van der Waals surface area contributed by atoms with Gasteiger partial charge in [0, 0.05) is 44.3 Å². The summed E-state index contributed by atoms with van der Waals surface area (Å²) in [5.41, 5.74) is 0.499. The number of nitrogens with zero attached hydrogens (tertiary/aromatic N) is 2. The van der Waals surface area contributed by atoms with Gasteiger partial charge in [-0.1, -0.05) is 13.8 Å². The fourth-order valence-corrected chi connectivity index (χ4v) is 4.68. The van der Waals surface area contributed by atoms with Crippen LogP contribution < -0.4 is 4.72 Å². The number of carbonyl (C=O) groups is 1. The molecule has 1 amide bonds. The maximum absolute atomic E-state index is 12.8. The minimum atomic E-state index is -3.64. The van der Waals surface area contributed by atoms with Crippen LogP contribution in [-0.2, 0) is 14.8 Å². The average Bonchev–Trinajstić information content (AvgIpc) is 2.72. The van der Waals surface area contributed by atoms with E-state index in [1.165, 1.54) is 12.1 Å². The van der Waals surface area contributed by atoms with E-state index in [0.717, 1.165) is 19.5 Å². The number of rotatable bonds is 10. The molecule has 1 fully saturated rings. The highest BCUT2D eigenvalue weighted by Crippen LogP contribution is 2.16. The van der Waals surface area contributed by atoms with Gasteiger partial charge in [-0.15, -0.1) is 0 Å². The van der Waals surface area contributed by atoms with Crippen LogP contribution in [0.5, 0.6) is 0 Å². The monoisotopic (exact) mass is 425 g/mol. The predicted molar refractivity (Wildman–Crippen MR) is 115 cm³/mol. The Kier molecular flexibility index (Phi) is 9.07. The normalized spacial score (nSPS) is 16.7. The number of morpholine rings is 1. The lowest BCUT2D eigenvalue weighted by Crippen LogP contribution is -2.49. The van der Waals surface area contributed by atoms with Crippen molar-refractivity contribution in [1.29, 1.82) is 0 Å². The zero-order valence-electron chi connectivity index (χ0n) is 18.1. The third-order valence-electron chi connectivity index (χ3n) is 5.28. The van der Waals surface area contributed by atoms with Crippen LogP contribution in [0.2, 0.25) is 0 Å². The summed E-state index contributed by atoms with van der Waals surface area (Å²) in [6, 6.07) is 6.32. The zero-order valence-corrected chi connectivity index (χ0v) is 18.9. The van der Waals surface area contributed by atoms with E-state index in [4.69, 9.17) is 4.74 Å². The Hall–Kier alpha value is -1.48. The number of nitrogens with one attached hydrogen (secondary N) is 1. The number of hydrogen-bond acceptors (Lipinski definition) is 5. The predicted octanol–water partition coefficient (Wildman–Crippen LogP) is 2.19. The Morgan fingerprint density at radius 2 is 1.72 bits per heavy atom. The SMILES string of the molecule is CCN(CC)C(=O)c1ccc(S(=O)(=O)NCC(CC(C)C)N2CCOCC2)cc1. The standard InChI is InChI=1S/C21H35N3O4S/c1-5-23(6-2)21(25)18-7-9-20(10-8-18)29(26,27)22-16-19(15-17(3)4)24-11-13-28-14-12-24/h7-10,17,19,22H,5-6,11-16H2,1-4H3. The third kappa shape index (κ3) is 6.77. The first-order valence-electron chi connectivity index (χ1n) is 10.5. The molecule has 1 aromatic carbocycles. The molecular weight excluding hydrogens is 390 g/mol. The second-order valence-electron chi connectivity index (χ2n) is 7.79. The molecule has 7 nitrogen and oxygen atoms in total. The minimum absolute atomic E-state index is 0.0868. The van der Waals surface area contributed by atoms with Crippen LogP contribution in [0.4, 0.5) is 0 Å². The van der Waals surface area contributed by atoms with Gasteiger partial charge in [0.1, 0.15) is 0 Å². The van der Waals surface area contributed by atoms with Crippen LogP contribution in [0.25, 0.3) is 0 Å². The summed E-state index contributed by atoms with van der Waals surface area (Å²) in [5.74, 6) is 0.383. The van der Waals surface area contributed by atoms with E-state index in [1.807, 2.05) is 13.8 Å². The topological polar surface area (TPSA) is 79.0 Å². The van der Waals surface area contributed by atoms with Gasteiger partial charge in [-0.2, -0.15) is 0 Å². The highest BCUT2D eigenvalue weighted by molar-refractivity contribution is 7.89. The third-order valence-corrected chi connectivity index (χ3v) is 6.72. The van der Waals surface area contributed by atoms with Crippen LogP contribution in [0.1, 0.15) is 44.5 Å². The van der Waals surface area contributed by atoms with Gasteiger partial charge < -0.3 is 9.64 Å². The molecule has 164 valence electrons. The second kappa shape index (κ2) is 11.1. The summed E-state index contributed by atoms with van der Waals surface area (Å²) in [6.07, 6.45) is 0.916. The molecule has 1 aliphatic rings. The molecule has 0 spiro atoms. The van der Waals surface area contributed by atoms with Crippen LogP contribution in [0, 0.1) is 5.92 Å². The van der Waals surface area contributed by atoms with E-state index < -0.39 is 10.0 Å². The van der Waals surface area contributed by atoms with Crippen molar-refractivity contribution in [3.05, 3.63) is 29.8 Å². The van der Waals surface area contributed by atoms with Crippen molar-refractivity contribution in [2.75, 3.05) is 45.9 Å². The summed E-state index contributed by atoms with van der Waals surface area (Å²) >= 11 is 0. The zero-order chi connectivity index (χ0) is 21.4. The van der Waals surface area contributed by atoms with Crippen molar-refractivity contribution < 1.29 is 17.9 Å². The summed E-state index contributed by atoms with van der Waals surface area (Å²) in [4.78, 5) is 16.6. The Morgan fingerprint density at radius 1 is 1.14 bits per heavy atom. The highest BCUT2D eigenvalue weighted by atomic mass is 32.2. The summed E-state index contributed by atoms with van der Waals surface area (Å²) in [7, 11) is -3.64. The van der Waals surface area contributed by atoms with Crippen LogP contribution >= 0.6 is 0 Å². The summed E-state index contributed by atoms with van der Waals surface area (Å²) in [6.45, 7) is 12.8. The van der Waals surface area contributed by atoms with E-state index >= 15 is 0 Å². The summed E-state index contributed by atoms with van der Waals surface area (Å²) < 4.78 is 33.8. The number of carbonyl (C=O) groups excluding carboxylic acids is 1. The number of hydrogen-bond donors (Lipinski definition) is 1. The van der Waals surface area contributed by atoms with Gasteiger partial charge in [0.05, 0.1) is 18.1 Å². The van der Waals surface area contributed by atoms with E-state index in [2.05, 4.69) is 23.5 Å². The van der Waals surface area contributed by atoms with Gasteiger partial charge in [-0.25, -0.2) is 13.1 Å². The van der Waals surface area contributed by atoms with Gasteiger partial charge in [0.15, 0.2) is 0 Å². The van der Waals surface area contributed by atoms with E-state index in [0.29, 0.717) is 44.3 Å². The largest absolute Gasteiger partial charge is 0.379 e. The van der Waals surface area contributed by atoms with E-state index in [1.54, 1.807) is 17.0 Å².